The fourth-order valence-corrected chi connectivity index (χ4v) is 3.68. The topological polar surface area (TPSA) is 89.8 Å². The molecule has 0 unspecified atom stereocenters. The first-order valence-corrected chi connectivity index (χ1v) is 7.61. The largest absolute Gasteiger partial charge is 0.379 e. The summed E-state index contributed by atoms with van der Waals surface area (Å²) < 4.78 is 31.4. The molecule has 8 heteroatoms. The molecule has 1 aromatic carbocycles. The molecule has 1 heterocycles. The van der Waals surface area contributed by atoms with E-state index in [1.807, 2.05) is 0 Å². The van der Waals surface area contributed by atoms with Crippen molar-refractivity contribution in [3.63, 3.8) is 0 Å². The highest BCUT2D eigenvalue weighted by Crippen LogP contribution is 2.30. The van der Waals surface area contributed by atoms with Crippen LogP contribution in [-0.2, 0) is 14.8 Å². The lowest BCUT2D eigenvalue weighted by Crippen LogP contribution is -2.40. The predicted octanol–water partition coefficient (Wildman–Crippen LogP) is 1.23. The number of hydrogen-bond acceptors (Lipinski definition) is 5. The molecule has 0 aromatic heterocycles. The molecule has 0 atom stereocenters. The van der Waals surface area contributed by atoms with Gasteiger partial charge in [-0.05, 0) is 31.0 Å². The molecular formula is C12H16N2O5S. The number of ether oxygens (including phenoxy) is 1. The van der Waals surface area contributed by atoms with E-state index in [1.165, 1.54) is 16.4 Å². The Balaban J connectivity index is 2.55. The van der Waals surface area contributed by atoms with Gasteiger partial charge in [-0.25, -0.2) is 8.42 Å². The highest BCUT2D eigenvalue weighted by molar-refractivity contribution is 7.89. The third-order valence-electron chi connectivity index (χ3n) is 3.36. The van der Waals surface area contributed by atoms with Crippen LogP contribution in [0.1, 0.15) is 11.1 Å². The summed E-state index contributed by atoms with van der Waals surface area (Å²) in [7, 11) is -3.87. The number of nitrogens with zero attached hydrogens (tertiary/aromatic N) is 2. The number of benzene rings is 1. The molecule has 0 N–H and O–H groups in total. The van der Waals surface area contributed by atoms with Gasteiger partial charge >= 0.3 is 0 Å². The minimum Gasteiger partial charge on any atom is -0.379 e. The van der Waals surface area contributed by atoms with E-state index < -0.39 is 14.9 Å². The van der Waals surface area contributed by atoms with Crippen LogP contribution in [0.15, 0.2) is 17.0 Å². The summed E-state index contributed by atoms with van der Waals surface area (Å²) >= 11 is 0. The molecule has 7 nitrogen and oxygen atoms in total. The van der Waals surface area contributed by atoms with Crippen molar-refractivity contribution in [1.29, 1.82) is 0 Å². The van der Waals surface area contributed by atoms with E-state index in [9.17, 15) is 18.5 Å². The molecule has 0 spiro atoms. The van der Waals surface area contributed by atoms with Gasteiger partial charge in [-0.1, -0.05) is 0 Å². The van der Waals surface area contributed by atoms with E-state index in [4.69, 9.17) is 4.74 Å². The lowest BCUT2D eigenvalue weighted by Gasteiger charge is -2.26. The molecule has 0 bridgehead atoms. The standard InChI is InChI=1S/C12H16N2O5S/c1-9-7-11(14(15)16)12(8-10(9)2)20(17,18)13-3-5-19-6-4-13/h7-8H,3-6H2,1-2H3. The van der Waals surface area contributed by atoms with Gasteiger partial charge in [0.05, 0.1) is 18.1 Å². The first-order valence-electron chi connectivity index (χ1n) is 6.17. The maximum atomic E-state index is 12.5. The van der Waals surface area contributed by atoms with Crippen molar-refractivity contribution >= 4 is 15.7 Å². The Bertz CT molecular complexity index is 635. The molecule has 1 aliphatic heterocycles. The summed E-state index contributed by atoms with van der Waals surface area (Å²) in [6.07, 6.45) is 0. The fourth-order valence-electron chi connectivity index (χ4n) is 2.05. The maximum Gasteiger partial charge on any atom is 0.289 e. The van der Waals surface area contributed by atoms with E-state index in [0.29, 0.717) is 24.3 Å². The van der Waals surface area contributed by atoms with Gasteiger partial charge in [-0.3, -0.25) is 10.1 Å². The number of nitro benzene ring substituents is 1. The van der Waals surface area contributed by atoms with Gasteiger partial charge in [0.25, 0.3) is 5.69 Å². The second-order valence-corrected chi connectivity index (χ2v) is 6.58. The SMILES string of the molecule is Cc1cc([N+](=O)[O-])c(S(=O)(=O)N2CCOCC2)cc1C. The van der Waals surface area contributed by atoms with Crippen molar-refractivity contribution in [1.82, 2.24) is 4.31 Å². The Labute approximate surface area is 117 Å². The Hall–Kier alpha value is -1.51. The molecule has 0 aliphatic carbocycles. The highest BCUT2D eigenvalue weighted by Gasteiger charge is 2.33. The summed E-state index contributed by atoms with van der Waals surface area (Å²) in [4.78, 5) is 10.2. The predicted molar refractivity (Wildman–Crippen MR) is 72.1 cm³/mol. The van der Waals surface area contributed by atoms with Crippen LogP contribution in [0.25, 0.3) is 0 Å². The molecule has 2 rings (SSSR count). The number of rotatable bonds is 3. The van der Waals surface area contributed by atoms with Crippen LogP contribution < -0.4 is 0 Å². The van der Waals surface area contributed by atoms with E-state index in [-0.39, 0.29) is 23.7 Å². The van der Waals surface area contributed by atoms with Gasteiger partial charge < -0.3 is 4.74 Å². The fraction of sp³-hybridized carbons (Fsp3) is 0.500. The monoisotopic (exact) mass is 300 g/mol. The van der Waals surface area contributed by atoms with Crippen LogP contribution in [0.5, 0.6) is 0 Å². The summed E-state index contributed by atoms with van der Waals surface area (Å²) in [5.74, 6) is 0. The Kier molecular flexibility index (Phi) is 4.07. The zero-order valence-corrected chi connectivity index (χ0v) is 12.1. The number of sulfonamides is 1. The molecule has 1 aromatic rings. The lowest BCUT2D eigenvalue weighted by atomic mass is 10.1. The third kappa shape index (κ3) is 2.67. The van der Waals surface area contributed by atoms with Crippen LogP contribution in [-0.4, -0.2) is 43.9 Å². The maximum absolute atomic E-state index is 12.5. The molecule has 0 radical (unpaired) electrons. The second kappa shape index (κ2) is 5.47. The molecule has 1 saturated heterocycles. The molecule has 0 amide bonds. The van der Waals surface area contributed by atoms with Crippen molar-refractivity contribution < 1.29 is 18.1 Å². The van der Waals surface area contributed by atoms with Crippen molar-refractivity contribution in [2.45, 2.75) is 18.7 Å². The quantitative estimate of drug-likeness (QED) is 0.618. The van der Waals surface area contributed by atoms with Gasteiger partial charge in [-0.2, -0.15) is 4.31 Å². The number of aryl methyl sites for hydroxylation is 2. The van der Waals surface area contributed by atoms with Crippen molar-refractivity contribution in [3.8, 4) is 0 Å². The van der Waals surface area contributed by atoms with Crippen LogP contribution in [0.3, 0.4) is 0 Å². The summed E-state index contributed by atoms with van der Waals surface area (Å²) in [5, 5.41) is 11.1. The second-order valence-electron chi connectivity index (χ2n) is 4.68. The van der Waals surface area contributed by atoms with E-state index in [2.05, 4.69) is 0 Å². The van der Waals surface area contributed by atoms with Gasteiger partial charge in [0.15, 0.2) is 4.90 Å². The number of hydrogen-bond donors (Lipinski definition) is 0. The Morgan fingerprint density at radius 2 is 1.75 bits per heavy atom. The molecule has 110 valence electrons. The van der Waals surface area contributed by atoms with E-state index in [1.54, 1.807) is 13.8 Å². The first kappa shape index (κ1) is 14.9. The van der Waals surface area contributed by atoms with Crippen molar-refractivity contribution in [2.75, 3.05) is 26.3 Å². The molecule has 1 aliphatic rings. The zero-order chi connectivity index (χ0) is 14.9. The van der Waals surface area contributed by atoms with Gasteiger partial charge in [0.1, 0.15) is 0 Å². The Morgan fingerprint density at radius 3 is 2.30 bits per heavy atom. The van der Waals surface area contributed by atoms with E-state index >= 15 is 0 Å². The van der Waals surface area contributed by atoms with Crippen LogP contribution >= 0.6 is 0 Å². The zero-order valence-electron chi connectivity index (χ0n) is 11.3. The van der Waals surface area contributed by atoms with Gasteiger partial charge in [0, 0.05) is 19.2 Å². The number of morpholine rings is 1. The molecule has 0 saturated carbocycles. The average molecular weight is 300 g/mol. The summed E-state index contributed by atoms with van der Waals surface area (Å²) in [6.45, 7) is 4.49. The smallest absolute Gasteiger partial charge is 0.289 e. The minimum absolute atomic E-state index is 0.215. The molecule has 20 heavy (non-hydrogen) atoms. The van der Waals surface area contributed by atoms with E-state index in [0.717, 1.165) is 0 Å². The summed E-state index contributed by atoms with van der Waals surface area (Å²) in [5.41, 5.74) is 1.03. The lowest BCUT2D eigenvalue weighted by molar-refractivity contribution is -0.387. The first-order chi connectivity index (χ1) is 9.34. The normalized spacial score (nSPS) is 17.1. The number of nitro groups is 1. The minimum atomic E-state index is -3.87. The van der Waals surface area contributed by atoms with Gasteiger partial charge in [-0.15, -0.1) is 0 Å². The average Bonchev–Trinajstić information content (AvgIpc) is 2.42. The van der Waals surface area contributed by atoms with Crippen LogP contribution in [0, 0.1) is 24.0 Å². The summed E-state index contributed by atoms with van der Waals surface area (Å²) in [6, 6.07) is 2.68. The van der Waals surface area contributed by atoms with Crippen LogP contribution in [0.2, 0.25) is 0 Å². The van der Waals surface area contributed by atoms with Crippen LogP contribution in [0.4, 0.5) is 5.69 Å². The van der Waals surface area contributed by atoms with Crippen molar-refractivity contribution in [3.05, 3.63) is 33.4 Å². The molecular weight excluding hydrogens is 284 g/mol. The van der Waals surface area contributed by atoms with Crippen molar-refractivity contribution in [2.24, 2.45) is 0 Å². The third-order valence-corrected chi connectivity index (χ3v) is 5.29. The molecule has 1 fully saturated rings. The highest BCUT2D eigenvalue weighted by atomic mass is 32.2. The Morgan fingerprint density at radius 1 is 1.20 bits per heavy atom. The van der Waals surface area contributed by atoms with Gasteiger partial charge in [0.2, 0.25) is 10.0 Å².